The van der Waals surface area contributed by atoms with Crippen LogP contribution in [0.3, 0.4) is 0 Å². The fourth-order valence-electron chi connectivity index (χ4n) is 3.37. The van der Waals surface area contributed by atoms with Gasteiger partial charge in [0, 0.05) is 35.3 Å². The van der Waals surface area contributed by atoms with Crippen LogP contribution >= 0.6 is 15.9 Å². The number of anilines is 1. The maximum atomic E-state index is 4.99. The molecule has 5 heteroatoms. The third-order valence-electron chi connectivity index (χ3n) is 4.92. The van der Waals surface area contributed by atoms with Crippen LogP contribution in [0.25, 0.3) is 16.6 Å². The van der Waals surface area contributed by atoms with Gasteiger partial charge in [0.05, 0.1) is 5.52 Å². The number of fused-ring (bicyclic) bond motifs is 3. The van der Waals surface area contributed by atoms with Gasteiger partial charge in [0.15, 0.2) is 0 Å². The van der Waals surface area contributed by atoms with E-state index < -0.39 is 0 Å². The van der Waals surface area contributed by atoms with E-state index in [1.165, 1.54) is 18.4 Å². The molecule has 0 spiro atoms. The summed E-state index contributed by atoms with van der Waals surface area (Å²) in [6.07, 6.45) is 6.27. The van der Waals surface area contributed by atoms with Crippen molar-refractivity contribution in [2.24, 2.45) is 5.41 Å². The molecule has 0 unspecified atom stereocenters. The quantitative estimate of drug-likeness (QED) is 0.626. The Hall–Kier alpha value is -1.62. The van der Waals surface area contributed by atoms with Crippen molar-refractivity contribution < 1.29 is 0 Å². The summed E-state index contributed by atoms with van der Waals surface area (Å²) in [4.78, 5) is 12.0. The van der Waals surface area contributed by atoms with Crippen molar-refractivity contribution in [2.45, 2.75) is 33.6 Å². The highest BCUT2D eigenvalue weighted by atomic mass is 79.9. The van der Waals surface area contributed by atoms with Crippen LogP contribution in [0.1, 0.15) is 32.3 Å². The van der Waals surface area contributed by atoms with Gasteiger partial charge in [-0.05, 0) is 58.8 Å². The molecule has 0 aliphatic carbocycles. The normalized spacial score (nSPS) is 18.0. The molecule has 3 aromatic rings. The van der Waals surface area contributed by atoms with Gasteiger partial charge in [-0.3, -0.25) is 4.40 Å². The predicted molar refractivity (Wildman–Crippen MR) is 98.2 cm³/mol. The highest BCUT2D eigenvalue weighted by molar-refractivity contribution is 9.10. The van der Waals surface area contributed by atoms with Crippen molar-refractivity contribution in [1.29, 1.82) is 0 Å². The average molecular weight is 373 g/mol. The second-order valence-electron chi connectivity index (χ2n) is 7.33. The molecule has 2 aromatic heterocycles. The SMILES string of the molecule is Cc1cc(Br)c2nc(N3CCC(C)(C)CC3)n3ccnc3c2c1. The Balaban J connectivity index is 1.91. The maximum Gasteiger partial charge on any atom is 0.211 e. The van der Waals surface area contributed by atoms with E-state index in [9.17, 15) is 0 Å². The molecule has 0 N–H and O–H groups in total. The lowest BCUT2D eigenvalue weighted by Gasteiger charge is -2.37. The van der Waals surface area contributed by atoms with Crippen LogP contribution in [0.5, 0.6) is 0 Å². The lowest BCUT2D eigenvalue weighted by atomic mass is 9.83. The van der Waals surface area contributed by atoms with Crippen LogP contribution in [-0.2, 0) is 0 Å². The van der Waals surface area contributed by atoms with Gasteiger partial charge in [0.1, 0.15) is 5.65 Å². The highest BCUT2D eigenvalue weighted by Crippen LogP contribution is 2.34. The largest absolute Gasteiger partial charge is 0.342 e. The number of hydrogen-bond donors (Lipinski definition) is 0. The lowest BCUT2D eigenvalue weighted by Crippen LogP contribution is -2.38. The summed E-state index contributed by atoms with van der Waals surface area (Å²) < 4.78 is 3.17. The topological polar surface area (TPSA) is 33.4 Å². The number of aromatic nitrogens is 3. The standard InChI is InChI=1S/C18H21BrN4/c1-12-10-13-15(14(19)11-12)21-17(23-9-6-20-16(13)23)22-7-4-18(2,3)5-8-22/h6,9-11H,4-5,7-8H2,1-3H3. The van der Waals surface area contributed by atoms with Crippen molar-refractivity contribution in [3.63, 3.8) is 0 Å². The zero-order valence-corrected chi connectivity index (χ0v) is 15.4. The van der Waals surface area contributed by atoms with Crippen LogP contribution in [0.2, 0.25) is 0 Å². The Labute approximate surface area is 144 Å². The third kappa shape index (κ3) is 2.51. The molecule has 1 aromatic carbocycles. The molecular formula is C18H21BrN4. The summed E-state index contributed by atoms with van der Waals surface area (Å²) in [5.41, 5.74) is 3.62. The molecular weight excluding hydrogens is 352 g/mol. The number of piperidine rings is 1. The molecule has 0 amide bonds. The molecule has 1 saturated heterocycles. The Bertz CT molecular complexity index is 887. The van der Waals surface area contributed by atoms with E-state index in [4.69, 9.17) is 4.98 Å². The van der Waals surface area contributed by atoms with Gasteiger partial charge >= 0.3 is 0 Å². The van der Waals surface area contributed by atoms with Crippen LogP contribution in [-0.4, -0.2) is 27.5 Å². The first-order chi connectivity index (χ1) is 10.9. The monoisotopic (exact) mass is 372 g/mol. The lowest BCUT2D eigenvalue weighted by molar-refractivity contribution is 0.278. The van der Waals surface area contributed by atoms with Crippen molar-refractivity contribution in [3.05, 3.63) is 34.6 Å². The summed E-state index contributed by atoms with van der Waals surface area (Å²) in [6, 6.07) is 4.29. The fraction of sp³-hybridized carbons (Fsp3) is 0.444. The van der Waals surface area contributed by atoms with Crippen molar-refractivity contribution in [1.82, 2.24) is 14.4 Å². The molecule has 0 atom stereocenters. The number of nitrogens with zero attached hydrogens (tertiary/aromatic N) is 4. The van der Waals surface area contributed by atoms with Crippen LogP contribution in [0, 0.1) is 12.3 Å². The second-order valence-corrected chi connectivity index (χ2v) is 8.18. The van der Waals surface area contributed by atoms with Gasteiger partial charge in [0.25, 0.3) is 0 Å². The molecule has 4 nitrogen and oxygen atoms in total. The van der Waals surface area contributed by atoms with E-state index >= 15 is 0 Å². The maximum absolute atomic E-state index is 4.99. The zero-order chi connectivity index (χ0) is 16.2. The number of rotatable bonds is 1. The van der Waals surface area contributed by atoms with E-state index in [2.05, 4.69) is 63.1 Å². The minimum Gasteiger partial charge on any atom is -0.342 e. The van der Waals surface area contributed by atoms with Crippen LogP contribution in [0.4, 0.5) is 5.95 Å². The molecule has 3 heterocycles. The molecule has 1 fully saturated rings. The third-order valence-corrected chi connectivity index (χ3v) is 5.52. The first kappa shape index (κ1) is 14.9. The van der Waals surface area contributed by atoms with Gasteiger partial charge in [-0.1, -0.05) is 13.8 Å². The molecule has 0 saturated carbocycles. The second kappa shape index (κ2) is 5.20. The van der Waals surface area contributed by atoms with Crippen molar-refractivity contribution >= 4 is 38.4 Å². The Morgan fingerprint density at radius 2 is 1.91 bits per heavy atom. The number of aryl methyl sites for hydroxylation is 1. The van der Waals surface area contributed by atoms with Gasteiger partial charge in [0.2, 0.25) is 5.95 Å². The average Bonchev–Trinajstić information content (AvgIpc) is 2.97. The summed E-state index contributed by atoms with van der Waals surface area (Å²) in [6.45, 7) is 8.89. The van der Waals surface area contributed by atoms with Crippen molar-refractivity contribution in [2.75, 3.05) is 18.0 Å². The summed E-state index contributed by atoms with van der Waals surface area (Å²) in [7, 11) is 0. The summed E-state index contributed by atoms with van der Waals surface area (Å²) in [5.74, 6) is 1.00. The molecule has 1 aliphatic rings. The van der Waals surface area contributed by atoms with E-state index in [1.807, 2.05) is 12.4 Å². The molecule has 0 bridgehead atoms. The zero-order valence-electron chi connectivity index (χ0n) is 13.8. The van der Waals surface area contributed by atoms with Crippen molar-refractivity contribution in [3.8, 4) is 0 Å². The van der Waals surface area contributed by atoms with Crippen LogP contribution < -0.4 is 4.90 Å². The van der Waals surface area contributed by atoms with E-state index in [0.717, 1.165) is 40.1 Å². The smallest absolute Gasteiger partial charge is 0.211 e. The van der Waals surface area contributed by atoms with E-state index in [-0.39, 0.29) is 0 Å². The van der Waals surface area contributed by atoms with Gasteiger partial charge in [-0.25, -0.2) is 9.97 Å². The molecule has 1 aliphatic heterocycles. The highest BCUT2D eigenvalue weighted by Gasteiger charge is 2.27. The number of hydrogen-bond acceptors (Lipinski definition) is 3. The van der Waals surface area contributed by atoms with E-state index in [0.29, 0.717) is 5.41 Å². The molecule has 4 rings (SSSR count). The Morgan fingerprint density at radius 3 is 2.65 bits per heavy atom. The number of benzene rings is 1. The van der Waals surface area contributed by atoms with Gasteiger partial charge in [-0.2, -0.15) is 0 Å². The minimum atomic E-state index is 0.430. The number of imidazole rings is 1. The van der Waals surface area contributed by atoms with Crippen LogP contribution in [0.15, 0.2) is 29.0 Å². The first-order valence-electron chi connectivity index (χ1n) is 8.12. The molecule has 120 valence electrons. The predicted octanol–water partition coefficient (Wildman–Crippen LogP) is 4.58. The minimum absolute atomic E-state index is 0.430. The Kier molecular flexibility index (Phi) is 3.38. The fourth-order valence-corrected chi connectivity index (χ4v) is 4.04. The molecule has 0 radical (unpaired) electrons. The summed E-state index contributed by atoms with van der Waals surface area (Å²) in [5, 5.41) is 1.10. The summed E-state index contributed by atoms with van der Waals surface area (Å²) >= 11 is 3.68. The van der Waals surface area contributed by atoms with Gasteiger partial charge < -0.3 is 4.90 Å². The van der Waals surface area contributed by atoms with E-state index in [1.54, 1.807) is 0 Å². The number of halogens is 1. The van der Waals surface area contributed by atoms with Gasteiger partial charge in [-0.15, -0.1) is 0 Å². The molecule has 23 heavy (non-hydrogen) atoms. The first-order valence-corrected chi connectivity index (χ1v) is 8.92. The Morgan fingerprint density at radius 1 is 1.17 bits per heavy atom.